The Balaban J connectivity index is 1.23. The highest BCUT2D eigenvalue weighted by Crippen LogP contribution is 2.22. The van der Waals surface area contributed by atoms with Crippen molar-refractivity contribution in [2.24, 2.45) is 0 Å². The minimum absolute atomic E-state index is 0.174. The van der Waals surface area contributed by atoms with Gasteiger partial charge in [0.1, 0.15) is 0 Å². The molecule has 28 heavy (non-hydrogen) atoms. The van der Waals surface area contributed by atoms with E-state index < -0.39 is 0 Å². The van der Waals surface area contributed by atoms with Crippen molar-refractivity contribution < 1.29 is 4.79 Å². The van der Waals surface area contributed by atoms with Crippen LogP contribution in [0.15, 0.2) is 54.6 Å². The first-order valence-electron chi connectivity index (χ1n) is 10.5. The summed E-state index contributed by atoms with van der Waals surface area (Å²) in [7, 11) is 0. The molecule has 5 heteroatoms. The molecule has 0 bridgehead atoms. The summed E-state index contributed by atoms with van der Waals surface area (Å²) in [4.78, 5) is 19.3. The molecular formula is C23H30N4O. The van der Waals surface area contributed by atoms with Crippen molar-refractivity contribution in [2.45, 2.75) is 19.3 Å². The van der Waals surface area contributed by atoms with Crippen LogP contribution in [0.3, 0.4) is 0 Å². The number of para-hydroxylation sites is 1. The molecule has 1 N–H and O–H groups in total. The third-order valence-electron chi connectivity index (χ3n) is 5.79. The largest absolute Gasteiger partial charge is 0.376 e. The number of benzene rings is 2. The van der Waals surface area contributed by atoms with Crippen LogP contribution in [0.4, 0.5) is 17.1 Å². The molecule has 2 aromatic rings. The van der Waals surface area contributed by atoms with Gasteiger partial charge in [0, 0.05) is 56.3 Å². The molecule has 148 valence electrons. The number of nitrogens with zero attached hydrogens (tertiary/aromatic N) is 3. The number of piperazine rings is 1. The van der Waals surface area contributed by atoms with Crippen molar-refractivity contribution >= 4 is 23.0 Å². The van der Waals surface area contributed by atoms with Crippen molar-refractivity contribution in [1.29, 1.82) is 0 Å². The Bertz CT molecular complexity index is 748. The Hall–Kier alpha value is -2.69. The smallest absolute Gasteiger partial charge is 0.241 e. The molecule has 0 radical (unpaired) electrons. The van der Waals surface area contributed by atoms with Crippen LogP contribution in [-0.4, -0.2) is 56.6 Å². The van der Waals surface area contributed by atoms with Gasteiger partial charge in [-0.05, 0) is 55.7 Å². The molecule has 0 spiro atoms. The molecular weight excluding hydrogens is 348 g/mol. The van der Waals surface area contributed by atoms with Gasteiger partial charge in [-0.2, -0.15) is 0 Å². The van der Waals surface area contributed by atoms with Crippen LogP contribution in [0.25, 0.3) is 0 Å². The molecule has 0 atom stereocenters. The number of anilines is 3. The van der Waals surface area contributed by atoms with Gasteiger partial charge < -0.3 is 20.0 Å². The van der Waals surface area contributed by atoms with E-state index in [4.69, 9.17) is 0 Å². The van der Waals surface area contributed by atoms with Gasteiger partial charge in [-0.1, -0.05) is 18.2 Å². The van der Waals surface area contributed by atoms with E-state index in [1.807, 2.05) is 11.0 Å². The molecule has 2 saturated heterocycles. The summed E-state index contributed by atoms with van der Waals surface area (Å²) in [5, 5.41) is 3.29. The molecule has 2 aliphatic rings. The van der Waals surface area contributed by atoms with E-state index in [0.29, 0.717) is 6.54 Å². The second kappa shape index (κ2) is 9.00. The monoisotopic (exact) mass is 378 g/mol. The first-order valence-corrected chi connectivity index (χ1v) is 10.5. The predicted molar refractivity (Wildman–Crippen MR) is 116 cm³/mol. The van der Waals surface area contributed by atoms with Gasteiger partial charge in [0.15, 0.2) is 0 Å². The minimum Gasteiger partial charge on any atom is -0.376 e. The van der Waals surface area contributed by atoms with Gasteiger partial charge in [0.05, 0.1) is 6.54 Å². The zero-order valence-electron chi connectivity index (χ0n) is 16.5. The number of piperidine rings is 1. The Morgan fingerprint density at radius 3 is 2.00 bits per heavy atom. The third-order valence-corrected chi connectivity index (χ3v) is 5.79. The average molecular weight is 379 g/mol. The lowest BCUT2D eigenvalue weighted by molar-refractivity contribution is -0.129. The molecule has 5 nitrogen and oxygen atoms in total. The second-order valence-corrected chi connectivity index (χ2v) is 7.65. The first kappa shape index (κ1) is 18.7. The standard InChI is InChI=1S/C23H30N4O/c28-23(27-17-15-26(16-18-27)21-7-3-1-4-8-21)19-24-20-9-11-22(12-10-20)25-13-5-2-6-14-25/h1,3-4,7-12,24H,2,5-6,13-19H2. The number of carbonyl (C=O) groups excluding carboxylic acids is 1. The Labute approximate surface area is 167 Å². The van der Waals surface area contributed by atoms with Crippen molar-refractivity contribution in [1.82, 2.24) is 4.90 Å². The van der Waals surface area contributed by atoms with Gasteiger partial charge in [-0.25, -0.2) is 0 Å². The molecule has 1 amide bonds. The maximum Gasteiger partial charge on any atom is 0.241 e. The lowest BCUT2D eigenvalue weighted by Gasteiger charge is -2.36. The fraction of sp³-hybridized carbons (Fsp3) is 0.435. The highest BCUT2D eigenvalue weighted by Gasteiger charge is 2.21. The van der Waals surface area contributed by atoms with Crippen LogP contribution >= 0.6 is 0 Å². The molecule has 2 fully saturated rings. The Morgan fingerprint density at radius 2 is 1.32 bits per heavy atom. The van der Waals surface area contributed by atoms with Crippen molar-refractivity contribution in [2.75, 3.05) is 60.9 Å². The van der Waals surface area contributed by atoms with Crippen LogP contribution in [0, 0.1) is 0 Å². The molecule has 0 unspecified atom stereocenters. The highest BCUT2D eigenvalue weighted by atomic mass is 16.2. The van der Waals surface area contributed by atoms with E-state index in [1.54, 1.807) is 0 Å². The summed E-state index contributed by atoms with van der Waals surface area (Å²) in [6.07, 6.45) is 3.91. The normalized spacial score (nSPS) is 17.5. The summed E-state index contributed by atoms with van der Waals surface area (Å²) in [6.45, 7) is 6.00. The van der Waals surface area contributed by atoms with Crippen LogP contribution in [0.2, 0.25) is 0 Å². The number of carbonyl (C=O) groups is 1. The fourth-order valence-electron chi connectivity index (χ4n) is 4.08. The van der Waals surface area contributed by atoms with Crippen LogP contribution < -0.4 is 15.1 Å². The van der Waals surface area contributed by atoms with Crippen molar-refractivity contribution in [3.8, 4) is 0 Å². The summed E-state index contributed by atoms with van der Waals surface area (Å²) in [5.41, 5.74) is 3.53. The average Bonchev–Trinajstić information content (AvgIpc) is 2.79. The zero-order chi connectivity index (χ0) is 19.2. The lowest BCUT2D eigenvalue weighted by atomic mass is 10.1. The lowest BCUT2D eigenvalue weighted by Crippen LogP contribution is -2.50. The number of amides is 1. The van der Waals surface area contributed by atoms with Gasteiger partial charge in [-0.15, -0.1) is 0 Å². The summed E-state index contributed by atoms with van der Waals surface area (Å²) in [6, 6.07) is 18.9. The molecule has 2 aliphatic heterocycles. The van der Waals surface area contributed by atoms with Crippen LogP contribution in [0.1, 0.15) is 19.3 Å². The Morgan fingerprint density at radius 1 is 0.714 bits per heavy atom. The number of hydrogen-bond acceptors (Lipinski definition) is 4. The van der Waals surface area contributed by atoms with E-state index in [2.05, 4.69) is 63.6 Å². The zero-order valence-corrected chi connectivity index (χ0v) is 16.5. The SMILES string of the molecule is O=C(CNc1ccc(N2CCCCC2)cc1)N1CCN(c2ccccc2)CC1. The fourth-order valence-corrected chi connectivity index (χ4v) is 4.08. The number of hydrogen-bond donors (Lipinski definition) is 1. The molecule has 0 aliphatic carbocycles. The predicted octanol–water partition coefficient (Wildman–Crippen LogP) is 3.44. The summed E-state index contributed by atoms with van der Waals surface area (Å²) >= 11 is 0. The van der Waals surface area contributed by atoms with Crippen LogP contribution in [-0.2, 0) is 4.79 Å². The number of rotatable bonds is 5. The van der Waals surface area contributed by atoms with Gasteiger partial charge in [0.2, 0.25) is 5.91 Å². The van der Waals surface area contributed by atoms with Crippen LogP contribution in [0.5, 0.6) is 0 Å². The Kier molecular flexibility index (Phi) is 6.00. The summed E-state index contributed by atoms with van der Waals surface area (Å²) < 4.78 is 0. The summed E-state index contributed by atoms with van der Waals surface area (Å²) in [5.74, 6) is 0.174. The van der Waals surface area contributed by atoms with E-state index in [1.165, 1.54) is 30.6 Å². The minimum atomic E-state index is 0.174. The van der Waals surface area contributed by atoms with E-state index in [9.17, 15) is 4.79 Å². The van der Waals surface area contributed by atoms with E-state index >= 15 is 0 Å². The van der Waals surface area contributed by atoms with E-state index in [0.717, 1.165) is 45.0 Å². The third kappa shape index (κ3) is 4.58. The van der Waals surface area contributed by atoms with Gasteiger partial charge in [-0.3, -0.25) is 4.79 Å². The number of nitrogens with one attached hydrogen (secondary N) is 1. The van der Waals surface area contributed by atoms with Gasteiger partial charge in [0.25, 0.3) is 0 Å². The maximum absolute atomic E-state index is 12.6. The first-order chi connectivity index (χ1) is 13.8. The molecule has 2 aromatic carbocycles. The topological polar surface area (TPSA) is 38.8 Å². The molecule has 4 rings (SSSR count). The second-order valence-electron chi connectivity index (χ2n) is 7.65. The quantitative estimate of drug-likeness (QED) is 0.865. The molecule has 2 heterocycles. The van der Waals surface area contributed by atoms with Crippen molar-refractivity contribution in [3.63, 3.8) is 0 Å². The van der Waals surface area contributed by atoms with Crippen molar-refractivity contribution in [3.05, 3.63) is 54.6 Å². The molecule has 0 aromatic heterocycles. The highest BCUT2D eigenvalue weighted by molar-refractivity contribution is 5.81. The van der Waals surface area contributed by atoms with E-state index in [-0.39, 0.29) is 5.91 Å². The maximum atomic E-state index is 12.6. The molecule has 0 saturated carbocycles. The van der Waals surface area contributed by atoms with Gasteiger partial charge >= 0.3 is 0 Å².